The summed E-state index contributed by atoms with van der Waals surface area (Å²) in [5.74, 6) is -1.52. The van der Waals surface area contributed by atoms with Crippen LogP contribution in [0.2, 0.25) is 5.02 Å². The number of hydrogen-bond donors (Lipinski definition) is 1. The third-order valence-electron chi connectivity index (χ3n) is 3.32. The minimum absolute atomic E-state index is 0.0136. The molecule has 0 aliphatic rings. The molecule has 24 heavy (non-hydrogen) atoms. The highest BCUT2D eigenvalue weighted by Crippen LogP contribution is 2.36. The molecule has 1 aromatic heterocycles. The first kappa shape index (κ1) is 16.8. The predicted molar refractivity (Wildman–Crippen MR) is 89.7 cm³/mol. The Hall–Kier alpha value is -2.05. The van der Waals surface area contributed by atoms with Gasteiger partial charge in [-0.3, -0.25) is 0 Å². The molecule has 0 radical (unpaired) electrons. The molecular weight excluding hydrogens is 356 g/mol. The number of carbonyl (C=O) groups excluding carboxylic acids is 1. The van der Waals surface area contributed by atoms with Crippen LogP contribution in [-0.2, 0) is 4.74 Å². The van der Waals surface area contributed by atoms with Crippen LogP contribution < -0.4 is 0 Å². The third-order valence-corrected chi connectivity index (χ3v) is 4.67. The zero-order valence-electron chi connectivity index (χ0n) is 12.5. The van der Waals surface area contributed by atoms with E-state index in [9.17, 15) is 13.6 Å². The number of nitrogens with one attached hydrogen (secondary N) is 1. The molecule has 0 atom stereocenters. The molecule has 3 aromatic rings. The van der Waals surface area contributed by atoms with E-state index in [-0.39, 0.29) is 22.8 Å². The summed E-state index contributed by atoms with van der Waals surface area (Å²) in [6.07, 6.45) is 0. The number of rotatable bonds is 4. The average molecular weight is 368 g/mol. The third kappa shape index (κ3) is 3.25. The largest absolute Gasteiger partial charge is 0.461 e. The Balaban J connectivity index is 2.02. The van der Waals surface area contributed by atoms with Crippen LogP contribution in [0.1, 0.15) is 17.4 Å². The number of aromatic amines is 1. The Kier molecular flexibility index (Phi) is 4.78. The topological polar surface area (TPSA) is 42.1 Å². The van der Waals surface area contributed by atoms with E-state index in [0.29, 0.717) is 15.2 Å². The lowest BCUT2D eigenvalue weighted by atomic mass is 10.2. The van der Waals surface area contributed by atoms with Crippen LogP contribution in [0.25, 0.3) is 10.9 Å². The van der Waals surface area contributed by atoms with Gasteiger partial charge >= 0.3 is 5.97 Å². The van der Waals surface area contributed by atoms with Crippen molar-refractivity contribution in [2.45, 2.75) is 16.7 Å². The first-order valence-electron chi connectivity index (χ1n) is 7.11. The van der Waals surface area contributed by atoms with Gasteiger partial charge in [-0.25, -0.2) is 13.6 Å². The monoisotopic (exact) mass is 367 g/mol. The van der Waals surface area contributed by atoms with Crippen molar-refractivity contribution in [3.05, 3.63) is 58.7 Å². The first-order chi connectivity index (χ1) is 11.5. The molecule has 0 aliphatic heterocycles. The predicted octanol–water partition coefficient (Wildman–Crippen LogP) is 5.43. The number of halogens is 3. The number of H-pyrrole nitrogens is 1. The van der Waals surface area contributed by atoms with Crippen LogP contribution in [-0.4, -0.2) is 17.6 Å². The molecule has 0 saturated heterocycles. The molecule has 0 aliphatic carbocycles. The van der Waals surface area contributed by atoms with Crippen LogP contribution in [0.3, 0.4) is 0 Å². The van der Waals surface area contributed by atoms with Gasteiger partial charge in [0.25, 0.3) is 0 Å². The second-order valence-electron chi connectivity index (χ2n) is 4.92. The van der Waals surface area contributed by atoms with Gasteiger partial charge in [0.15, 0.2) is 0 Å². The van der Waals surface area contributed by atoms with Crippen LogP contribution in [0.4, 0.5) is 8.78 Å². The molecule has 3 rings (SSSR count). The van der Waals surface area contributed by atoms with E-state index in [1.165, 1.54) is 30.0 Å². The van der Waals surface area contributed by atoms with E-state index in [0.717, 1.165) is 0 Å². The maximum atomic E-state index is 14.0. The molecule has 7 heteroatoms. The lowest BCUT2D eigenvalue weighted by Gasteiger charge is -2.05. The van der Waals surface area contributed by atoms with Crippen molar-refractivity contribution in [2.75, 3.05) is 6.61 Å². The summed E-state index contributed by atoms with van der Waals surface area (Å²) in [5, 5.41) is 0.558. The molecule has 1 heterocycles. The second kappa shape index (κ2) is 6.83. The quantitative estimate of drug-likeness (QED) is 0.625. The summed E-state index contributed by atoms with van der Waals surface area (Å²) < 4.78 is 32.2. The van der Waals surface area contributed by atoms with Crippen molar-refractivity contribution in [3.63, 3.8) is 0 Å². The molecule has 0 saturated carbocycles. The SMILES string of the molecule is CCOC(=O)c1cc2c(Sc3ccc(F)c(Cl)c3)ccc(F)c2[nH]1. The van der Waals surface area contributed by atoms with Crippen molar-refractivity contribution in [1.29, 1.82) is 0 Å². The van der Waals surface area contributed by atoms with Gasteiger partial charge in [-0.1, -0.05) is 23.4 Å². The maximum absolute atomic E-state index is 14.0. The van der Waals surface area contributed by atoms with Crippen LogP contribution in [0, 0.1) is 11.6 Å². The van der Waals surface area contributed by atoms with E-state index < -0.39 is 17.6 Å². The van der Waals surface area contributed by atoms with Gasteiger partial charge in [0, 0.05) is 15.2 Å². The van der Waals surface area contributed by atoms with Gasteiger partial charge in [-0.15, -0.1) is 0 Å². The Morgan fingerprint density at radius 3 is 2.67 bits per heavy atom. The highest BCUT2D eigenvalue weighted by atomic mass is 35.5. The first-order valence-corrected chi connectivity index (χ1v) is 8.30. The molecule has 0 unspecified atom stereocenters. The van der Waals surface area contributed by atoms with E-state index in [1.54, 1.807) is 25.1 Å². The Morgan fingerprint density at radius 2 is 1.96 bits per heavy atom. The van der Waals surface area contributed by atoms with Crippen molar-refractivity contribution < 1.29 is 18.3 Å². The van der Waals surface area contributed by atoms with Crippen molar-refractivity contribution in [3.8, 4) is 0 Å². The van der Waals surface area contributed by atoms with Gasteiger partial charge in [-0.2, -0.15) is 0 Å². The Labute approximate surface area is 146 Å². The lowest BCUT2D eigenvalue weighted by molar-refractivity contribution is 0.0520. The van der Waals surface area contributed by atoms with Crippen molar-refractivity contribution >= 4 is 40.2 Å². The van der Waals surface area contributed by atoms with Gasteiger partial charge < -0.3 is 9.72 Å². The summed E-state index contributed by atoms with van der Waals surface area (Å²) in [7, 11) is 0. The summed E-state index contributed by atoms with van der Waals surface area (Å²) in [6.45, 7) is 1.92. The highest BCUT2D eigenvalue weighted by molar-refractivity contribution is 7.99. The van der Waals surface area contributed by atoms with Gasteiger partial charge in [-0.05, 0) is 43.3 Å². The number of aromatic nitrogens is 1. The summed E-state index contributed by atoms with van der Waals surface area (Å²) in [5.41, 5.74) is 0.396. The van der Waals surface area contributed by atoms with Crippen LogP contribution >= 0.6 is 23.4 Å². The summed E-state index contributed by atoms with van der Waals surface area (Å²) in [4.78, 5) is 16.0. The zero-order valence-corrected chi connectivity index (χ0v) is 14.1. The number of carbonyl (C=O) groups is 1. The van der Waals surface area contributed by atoms with E-state index >= 15 is 0 Å². The fourth-order valence-corrected chi connectivity index (χ4v) is 3.45. The molecule has 1 N–H and O–H groups in total. The number of hydrogen-bond acceptors (Lipinski definition) is 3. The van der Waals surface area contributed by atoms with Gasteiger partial charge in [0.1, 0.15) is 17.3 Å². The van der Waals surface area contributed by atoms with E-state index in [1.807, 2.05) is 0 Å². The van der Waals surface area contributed by atoms with Crippen molar-refractivity contribution in [2.24, 2.45) is 0 Å². The second-order valence-corrected chi connectivity index (χ2v) is 6.44. The Morgan fingerprint density at radius 1 is 1.21 bits per heavy atom. The molecule has 124 valence electrons. The van der Waals surface area contributed by atoms with Gasteiger partial charge in [0.05, 0.1) is 17.1 Å². The number of fused-ring (bicyclic) bond motifs is 1. The zero-order chi connectivity index (χ0) is 17.3. The van der Waals surface area contributed by atoms with Crippen molar-refractivity contribution in [1.82, 2.24) is 4.98 Å². The average Bonchev–Trinajstić information content (AvgIpc) is 3.00. The maximum Gasteiger partial charge on any atom is 0.354 e. The molecule has 2 aromatic carbocycles. The molecular formula is C17H12ClF2NO2S. The smallest absolute Gasteiger partial charge is 0.354 e. The van der Waals surface area contributed by atoms with Gasteiger partial charge in [0.2, 0.25) is 0 Å². The van der Waals surface area contributed by atoms with E-state index in [2.05, 4.69) is 4.98 Å². The molecule has 0 bridgehead atoms. The molecule has 0 amide bonds. The normalized spacial score (nSPS) is 11.0. The van der Waals surface area contributed by atoms with Crippen LogP contribution in [0.5, 0.6) is 0 Å². The highest BCUT2D eigenvalue weighted by Gasteiger charge is 2.16. The minimum atomic E-state index is -0.547. The number of esters is 1. The summed E-state index contributed by atoms with van der Waals surface area (Å²) in [6, 6.07) is 8.80. The fraction of sp³-hybridized carbons (Fsp3) is 0.118. The standard InChI is InChI=1S/C17H12ClF2NO2S/c1-2-23-17(22)14-8-10-15(6-5-13(20)16(10)21-14)24-9-3-4-12(19)11(18)7-9/h3-8,21H,2H2,1H3. The molecule has 0 spiro atoms. The van der Waals surface area contributed by atoms with Crippen LogP contribution in [0.15, 0.2) is 46.2 Å². The minimum Gasteiger partial charge on any atom is -0.461 e. The lowest BCUT2D eigenvalue weighted by Crippen LogP contribution is -2.04. The fourth-order valence-electron chi connectivity index (χ4n) is 2.23. The summed E-state index contributed by atoms with van der Waals surface area (Å²) >= 11 is 7.09. The Bertz CT molecular complexity index is 926. The number of benzene rings is 2. The van der Waals surface area contributed by atoms with E-state index in [4.69, 9.17) is 16.3 Å². The molecule has 0 fully saturated rings. The molecule has 3 nitrogen and oxygen atoms in total. The number of ether oxygens (including phenoxy) is 1.